The minimum atomic E-state index is 0.359. The number of piperazine rings is 1. The second kappa shape index (κ2) is 6.89. The predicted octanol–water partition coefficient (Wildman–Crippen LogP) is 1.23. The van der Waals surface area contributed by atoms with Gasteiger partial charge in [-0.05, 0) is 27.3 Å². The smallest absolute Gasteiger partial charge is 0.322 e. The van der Waals surface area contributed by atoms with Crippen LogP contribution in [-0.4, -0.2) is 65.7 Å². The molecule has 7 nitrogen and oxygen atoms in total. The third-order valence-electron chi connectivity index (χ3n) is 3.96. The molecule has 1 aromatic rings. The summed E-state index contributed by atoms with van der Waals surface area (Å²) < 4.78 is 5.20. The van der Waals surface area contributed by atoms with Crippen LogP contribution in [0.5, 0.6) is 6.01 Å². The van der Waals surface area contributed by atoms with Gasteiger partial charge in [-0.3, -0.25) is 4.90 Å². The lowest BCUT2D eigenvalue weighted by Gasteiger charge is -2.42. The van der Waals surface area contributed by atoms with Gasteiger partial charge in [-0.25, -0.2) is 0 Å². The van der Waals surface area contributed by atoms with Crippen molar-refractivity contribution < 1.29 is 4.74 Å². The quantitative estimate of drug-likeness (QED) is 0.876. The van der Waals surface area contributed by atoms with E-state index in [0.717, 1.165) is 26.1 Å². The van der Waals surface area contributed by atoms with E-state index in [4.69, 9.17) is 4.74 Å². The molecule has 2 heterocycles. The van der Waals surface area contributed by atoms with Gasteiger partial charge in [-0.2, -0.15) is 15.0 Å². The van der Waals surface area contributed by atoms with Gasteiger partial charge in [0.05, 0.1) is 7.11 Å². The van der Waals surface area contributed by atoms with Gasteiger partial charge in [0.2, 0.25) is 11.9 Å². The molecule has 21 heavy (non-hydrogen) atoms. The van der Waals surface area contributed by atoms with Gasteiger partial charge >= 0.3 is 6.01 Å². The summed E-state index contributed by atoms with van der Waals surface area (Å²) >= 11 is 0. The SMILES string of the molecule is CCCNc1nc(OC)nc(N2CC(C)N(C)C(C)C2)n1. The fourth-order valence-electron chi connectivity index (χ4n) is 2.46. The molecule has 0 aliphatic carbocycles. The number of anilines is 2. The highest BCUT2D eigenvalue weighted by Gasteiger charge is 2.28. The summed E-state index contributed by atoms with van der Waals surface area (Å²) in [5.41, 5.74) is 0. The van der Waals surface area contributed by atoms with Crippen molar-refractivity contribution in [2.75, 3.05) is 44.0 Å². The van der Waals surface area contributed by atoms with Crippen molar-refractivity contribution in [1.82, 2.24) is 19.9 Å². The maximum absolute atomic E-state index is 5.20. The maximum Gasteiger partial charge on any atom is 0.322 e. The summed E-state index contributed by atoms with van der Waals surface area (Å²) in [5.74, 6) is 1.27. The van der Waals surface area contributed by atoms with Crippen LogP contribution < -0.4 is 15.0 Å². The third-order valence-corrected chi connectivity index (χ3v) is 3.96. The lowest BCUT2D eigenvalue weighted by Crippen LogP contribution is -2.55. The molecule has 0 radical (unpaired) electrons. The minimum Gasteiger partial charge on any atom is -0.467 e. The van der Waals surface area contributed by atoms with Crippen LogP contribution in [0.3, 0.4) is 0 Å². The normalized spacial score (nSPS) is 23.2. The second-order valence-electron chi connectivity index (χ2n) is 5.64. The van der Waals surface area contributed by atoms with Gasteiger partial charge < -0.3 is 15.0 Å². The highest BCUT2D eigenvalue weighted by atomic mass is 16.5. The molecule has 1 N–H and O–H groups in total. The monoisotopic (exact) mass is 294 g/mol. The van der Waals surface area contributed by atoms with Crippen LogP contribution in [0.2, 0.25) is 0 Å². The molecule has 7 heteroatoms. The first-order chi connectivity index (χ1) is 10.0. The predicted molar refractivity (Wildman–Crippen MR) is 84.1 cm³/mol. The van der Waals surface area contributed by atoms with Crippen LogP contribution >= 0.6 is 0 Å². The summed E-state index contributed by atoms with van der Waals surface area (Å²) in [4.78, 5) is 17.8. The number of nitrogens with one attached hydrogen (secondary N) is 1. The number of methoxy groups -OCH3 is 1. The topological polar surface area (TPSA) is 66.4 Å². The highest BCUT2D eigenvalue weighted by molar-refractivity contribution is 5.39. The van der Waals surface area contributed by atoms with Gasteiger partial charge in [0.1, 0.15) is 0 Å². The number of rotatable bonds is 5. The summed E-state index contributed by atoms with van der Waals surface area (Å²) in [6, 6.07) is 1.28. The number of nitrogens with zero attached hydrogens (tertiary/aromatic N) is 5. The number of likely N-dealkylation sites (N-methyl/N-ethyl adjacent to an activating group) is 1. The number of hydrogen-bond donors (Lipinski definition) is 1. The Balaban J connectivity index is 2.21. The third kappa shape index (κ3) is 3.72. The van der Waals surface area contributed by atoms with Crippen molar-refractivity contribution >= 4 is 11.9 Å². The van der Waals surface area contributed by atoms with Crippen LogP contribution in [0.25, 0.3) is 0 Å². The van der Waals surface area contributed by atoms with E-state index in [9.17, 15) is 0 Å². The van der Waals surface area contributed by atoms with Crippen molar-refractivity contribution in [3.63, 3.8) is 0 Å². The Morgan fingerprint density at radius 3 is 2.43 bits per heavy atom. The fraction of sp³-hybridized carbons (Fsp3) is 0.786. The summed E-state index contributed by atoms with van der Waals surface area (Å²) in [5, 5.41) is 3.20. The van der Waals surface area contributed by atoms with E-state index in [1.165, 1.54) is 0 Å². The zero-order valence-corrected chi connectivity index (χ0v) is 13.6. The summed E-state index contributed by atoms with van der Waals surface area (Å²) in [6.07, 6.45) is 1.02. The van der Waals surface area contributed by atoms with Crippen LogP contribution in [-0.2, 0) is 0 Å². The minimum absolute atomic E-state index is 0.359. The molecule has 2 rings (SSSR count). The van der Waals surface area contributed by atoms with Crippen LogP contribution in [0.1, 0.15) is 27.2 Å². The van der Waals surface area contributed by atoms with E-state index < -0.39 is 0 Å². The Kier molecular flexibility index (Phi) is 5.17. The van der Waals surface area contributed by atoms with Gasteiger partial charge in [0, 0.05) is 31.7 Å². The van der Waals surface area contributed by atoms with E-state index in [0.29, 0.717) is 30.0 Å². The number of aromatic nitrogens is 3. The molecule has 0 spiro atoms. The van der Waals surface area contributed by atoms with E-state index >= 15 is 0 Å². The molecular formula is C14H26N6O. The number of hydrogen-bond acceptors (Lipinski definition) is 7. The Morgan fingerprint density at radius 2 is 1.86 bits per heavy atom. The second-order valence-corrected chi connectivity index (χ2v) is 5.64. The van der Waals surface area contributed by atoms with E-state index in [2.05, 4.69) is 57.9 Å². The molecule has 1 fully saturated rings. The average molecular weight is 294 g/mol. The molecule has 1 aliphatic heterocycles. The van der Waals surface area contributed by atoms with E-state index in [1.54, 1.807) is 7.11 Å². The standard InChI is InChI=1S/C14H26N6O/c1-6-7-15-12-16-13(18-14(17-12)21-5)20-8-10(2)19(4)11(3)9-20/h10-11H,6-9H2,1-5H3,(H,15,16,17,18). The molecule has 1 aromatic heterocycles. The molecule has 118 valence electrons. The van der Waals surface area contributed by atoms with Crippen molar-refractivity contribution in [2.24, 2.45) is 0 Å². The van der Waals surface area contributed by atoms with Crippen LogP contribution in [0.15, 0.2) is 0 Å². The van der Waals surface area contributed by atoms with Crippen molar-refractivity contribution in [3.05, 3.63) is 0 Å². The number of ether oxygens (including phenoxy) is 1. The molecule has 2 atom stereocenters. The molecule has 1 saturated heterocycles. The fourth-order valence-corrected chi connectivity index (χ4v) is 2.46. The Morgan fingerprint density at radius 1 is 1.19 bits per heavy atom. The molecule has 0 saturated carbocycles. The largest absolute Gasteiger partial charge is 0.467 e. The van der Waals surface area contributed by atoms with Gasteiger partial charge in [0.25, 0.3) is 0 Å². The molecule has 2 unspecified atom stereocenters. The molecular weight excluding hydrogens is 268 g/mol. The Hall–Kier alpha value is -1.63. The van der Waals surface area contributed by atoms with E-state index in [1.807, 2.05) is 0 Å². The summed E-state index contributed by atoms with van der Waals surface area (Å²) in [6.45, 7) is 9.19. The molecule has 0 bridgehead atoms. The van der Waals surface area contributed by atoms with Gasteiger partial charge in [-0.1, -0.05) is 6.92 Å². The van der Waals surface area contributed by atoms with E-state index in [-0.39, 0.29) is 0 Å². The first kappa shape index (κ1) is 15.8. The highest BCUT2D eigenvalue weighted by Crippen LogP contribution is 2.20. The lowest BCUT2D eigenvalue weighted by molar-refractivity contribution is 0.169. The summed E-state index contributed by atoms with van der Waals surface area (Å²) in [7, 11) is 3.74. The maximum atomic E-state index is 5.20. The van der Waals surface area contributed by atoms with Crippen LogP contribution in [0, 0.1) is 0 Å². The van der Waals surface area contributed by atoms with Crippen molar-refractivity contribution in [2.45, 2.75) is 39.3 Å². The Bertz CT molecular complexity index is 457. The van der Waals surface area contributed by atoms with Gasteiger partial charge in [-0.15, -0.1) is 0 Å². The first-order valence-corrected chi connectivity index (χ1v) is 7.56. The Labute approximate surface area is 126 Å². The molecule has 0 amide bonds. The molecule has 0 aromatic carbocycles. The van der Waals surface area contributed by atoms with Gasteiger partial charge in [0.15, 0.2) is 0 Å². The zero-order chi connectivity index (χ0) is 15.4. The van der Waals surface area contributed by atoms with Crippen molar-refractivity contribution in [3.8, 4) is 6.01 Å². The zero-order valence-electron chi connectivity index (χ0n) is 13.6. The lowest BCUT2D eigenvalue weighted by atomic mass is 10.1. The average Bonchev–Trinajstić information content (AvgIpc) is 2.49. The first-order valence-electron chi connectivity index (χ1n) is 7.56. The van der Waals surface area contributed by atoms with Crippen molar-refractivity contribution in [1.29, 1.82) is 0 Å². The van der Waals surface area contributed by atoms with Crippen LogP contribution in [0.4, 0.5) is 11.9 Å². The molecule has 1 aliphatic rings.